The van der Waals surface area contributed by atoms with Crippen LogP contribution in [-0.2, 0) is 4.79 Å². The summed E-state index contributed by atoms with van der Waals surface area (Å²) in [5.41, 5.74) is 0. The number of hydrogen-bond acceptors (Lipinski definition) is 1. The topological polar surface area (TPSA) is 17.1 Å². The first-order chi connectivity index (χ1) is 17.3. The lowest BCUT2D eigenvalue weighted by molar-refractivity contribution is -0.107. The van der Waals surface area contributed by atoms with Gasteiger partial charge in [-0.05, 0) is 57.8 Å². The van der Waals surface area contributed by atoms with Gasteiger partial charge in [0.05, 0.1) is 0 Å². The molecule has 1 heteroatoms. The Morgan fingerprint density at radius 3 is 1.00 bits per heavy atom. The van der Waals surface area contributed by atoms with Gasteiger partial charge in [-0.15, -0.1) is 0 Å². The van der Waals surface area contributed by atoms with E-state index in [1.807, 2.05) is 0 Å². The first-order valence-corrected chi connectivity index (χ1v) is 15.9. The van der Waals surface area contributed by atoms with Gasteiger partial charge in [0.1, 0.15) is 6.29 Å². The maximum Gasteiger partial charge on any atom is 0.119 e. The zero-order valence-electron chi connectivity index (χ0n) is 24.4. The third-order valence-electron chi connectivity index (χ3n) is 6.60. The van der Waals surface area contributed by atoms with E-state index in [0.717, 1.165) is 25.5 Å². The molecular formula is C34H65O-. The molecule has 0 aromatic heterocycles. The molecule has 0 saturated carbocycles. The van der Waals surface area contributed by atoms with Crippen LogP contribution in [0.3, 0.4) is 0 Å². The van der Waals surface area contributed by atoms with Crippen molar-refractivity contribution in [2.45, 2.75) is 181 Å². The minimum atomic E-state index is 0.748. The summed E-state index contributed by atoms with van der Waals surface area (Å²) < 4.78 is 0. The van der Waals surface area contributed by atoms with Gasteiger partial charge in [-0.1, -0.05) is 134 Å². The molecule has 0 amide bonds. The lowest BCUT2D eigenvalue weighted by Crippen LogP contribution is -1.80. The Kier molecular flexibility index (Phi) is 39.1. The molecule has 0 unspecified atom stereocenters. The van der Waals surface area contributed by atoms with Crippen molar-refractivity contribution in [3.05, 3.63) is 31.2 Å². The van der Waals surface area contributed by atoms with E-state index in [9.17, 15) is 4.79 Å². The van der Waals surface area contributed by atoms with Crippen LogP contribution < -0.4 is 0 Å². The number of aldehydes is 1. The number of hydrogen-bond donors (Lipinski definition) is 0. The summed E-state index contributed by atoms with van der Waals surface area (Å²) in [7, 11) is 0. The molecule has 208 valence electrons. The van der Waals surface area contributed by atoms with Crippen molar-refractivity contribution < 1.29 is 4.79 Å². The summed E-state index contributed by atoms with van der Waals surface area (Å²) in [6.07, 6.45) is 44.5. The minimum absolute atomic E-state index is 0.748. The molecule has 0 aliphatic heterocycles. The first kappa shape index (κ1) is 36.3. The predicted octanol–water partition coefficient (Wildman–Crippen LogP) is 12.3. The SMILES string of the molecule is CCCCCCCC/C=C/CCCCCCCC=O.[CH2-]CCCCC/C=C\CCCCCCCC. The lowest BCUT2D eigenvalue weighted by atomic mass is 10.1. The largest absolute Gasteiger partial charge is 0.343 e. The summed E-state index contributed by atoms with van der Waals surface area (Å²) in [5, 5.41) is 0. The Labute approximate surface area is 223 Å². The quantitative estimate of drug-likeness (QED) is 0.0485. The van der Waals surface area contributed by atoms with Gasteiger partial charge in [-0.2, -0.15) is 6.42 Å². The van der Waals surface area contributed by atoms with Crippen molar-refractivity contribution >= 4 is 6.29 Å². The van der Waals surface area contributed by atoms with E-state index in [1.54, 1.807) is 0 Å². The summed E-state index contributed by atoms with van der Waals surface area (Å²) in [6, 6.07) is 0. The van der Waals surface area contributed by atoms with Gasteiger partial charge >= 0.3 is 0 Å². The molecule has 0 aromatic rings. The van der Waals surface area contributed by atoms with E-state index in [0.29, 0.717) is 0 Å². The van der Waals surface area contributed by atoms with Crippen molar-refractivity contribution in [2.75, 3.05) is 0 Å². The Bertz CT molecular complexity index is 409. The van der Waals surface area contributed by atoms with Gasteiger partial charge in [0.25, 0.3) is 0 Å². The zero-order chi connectivity index (χ0) is 25.9. The molecule has 0 saturated heterocycles. The number of unbranched alkanes of at least 4 members (excludes halogenated alkanes) is 22. The lowest BCUT2D eigenvalue weighted by Gasteiger charge is -1.98. The molecule has 0 heterocycles. The minimum Gasteiger partial charge on any atom is -0.343 e. The highest BCUT2D eigenvalue weighted by atomic mass is 16.1. The predicted molar refractivity (Wildman–Crippen MR) is 161 cm³/mol. The second-order valence-corrected chi connectivity index (χ2v) is 10.3. The van der Waals surface area contributed by atoms with E-state index in [1.165, 1.54) is 148 Å². The molecule has 0 atom stereocenters. The number of carbonyl (C=O) groups is 1. The standard InChI is InChI=1S/C18H34O.C16H31/c1-2-3-4-5-6-7-8-9-10-11-12-13-14-15-16-17-18-19;1-3-5-7-9-11-13-15-16-14-12-10-8-6-4-2/h9-10,18H,2-8,11-17H2,1H3;13,15H,1,3-12,14,16H2,2H3/q;-1/b10-9+;15-13-. The van der Waals surface area contributed by atoms with E-state index < -0.39 is 0 Å². The van der Waals surface area contributed by atoms with Crippen LogP contribution in [0.1, 0.15) is 181 Å². The molecule has 0 bridgehead atoms. The van der Waals surface area contributed by atoms with Crippen molar-refractivity contribution in [3.8, 4) is 0 Å². The number of carbonyl (C=O) groups excluding carboxylic acids is 1. The second kappa shape index (κ2) is 37.7. The Morgan fingerprint density at radius 2 is 0.686 bits per heavy atom. The second-order valence-electron chi connectivity index (χ2n) is 10.3. The average Bonchev–Trinajstić information content (AvgIpc) is 2.87. The Hall–Kier alpha value is -0.850. The van der Waals surface area contributed by atoms with Gasteiger partial charge in [-0.25, -0.2) is 0 Å². The Balaban J connectivity index is 0. The van der Waals surface area contributed by atoms with E-state index in [4.69, 9.17) is 0 Å². The number of rotatable bonds is 27. The van der Waals surface area contributed by atoms with Crippen molar-refractivity contribution in [1.82, 2.24) is 0 Å². The molecule has 0 N–H and O–H groups in total. The van der Waals surface area contributed by atoms with Crippen LogP contribution >= 0.6 is 0 Å². The molecule has 0 aliphatic carbocycles. The van der Waals surface area contributed by atoms with Gasteiger partial charge in [0.2, 0.25) is 0 Å². The van der Waals surface area contributed by atoms with E-state index in [2.05, 4.69) is 45.1 Å². The van der Waals surface area contributed by atoms with Crippen molar-refractivity contribution in [2.24, 2.45) is 0 Å². The molecule has 1 nitrogen and oxygen atoms in total. The highest BCUT2D eigenvalue weighted by Gasteiger charge is 1.91. The first-order valence-electron chi connectivity index (χ1n) is 15.9. The number of allylic oxidation sites excluding steroid dienone is 4. The Morgan fingerprint density at radius 1 is 0.400 bits per heavy atom. The highest BCUT2D eigenvalue weighted by Crippen LogP contribution is 2.10. The van der Waals surface area contributed by atoms with Gasteiger partial charge in [-0.3, -0.25) is 0 Å². The summed E-state index contributed by atoms with van der Waals surface area (Å²) in [5.74, 6) is 0. The molecular weight excluding hydrogens is 424 g/mol. The van der Waals surface area contributed by atoms with Gasteiger partial charge in [0.15, 0.2) is 0 Å². The monoisotopic (exact) mass is 490 g/mol. The van der Waals surface area contributed by atoms with E-state index in [-0.39, 0.29) is 0 Å². The molecule has 0 radical (unpaired) electrons. The van der Waals surface area contributed by atoms with E-state index >= 15 is 0 Å². The maximum absolute atomic E-state index is 10.1. The van der Waals surface area contributed by atoms with Crippen LogP contribution in [0.5, 0.6) is 0 Å². The summed E-state index contributed by atoms with van der Waals surface area (Å²) in [4.78, 5) is 10.1. The fourth-order valence-electron chi connectivity index (χ4n) is 4.19. The fourth-order valence-corrected chi connectivity index (χ4v) is 4.19. The summed E-state index contributed by atoms with van der Waals surface area (Å²) in [6.45, 7) is 8.40. The third-order valence-corrected chi connectivity index (χ3v) is 6.60. The van der Waals surface area contributed by atoms with Crippen molar-refractivity contribution in [1.29, 1.82) is 0 Å². The molecule has 0 aromatic carbocycles. The molecule has 0 fully saturated rings. The van der Waals surface area contributed by atoms with Crippen LogP contribution in [0.2, 0.25) is 0 Å². The molecule has 0 rings (SSSR count). The average molecular weight is 490 g/mol. The fraction of sp³-hybridized carbons (Fsp3) is 0.824. The van der Waals surface area contributed by atoms with Crippen LogP contribution in [0.4, 0.5) is 0 Å². The highest BCUT2D eigenvalue weighted by molar-refractivity contribution is 5.48. The normalized spacial score (nSPS) is 11.3. The van der Waals surface area contributed by atoms with Gasteiger partial charge in [0, 0.05) is 6.42 Å². The molecule has 35 heavy (non-hydrogen) atoms. The van der Waals surface area contributed by atoms with Crippen molar-refractivity contribution in [3.63, 3.8) is 0 Å². The molecule has 0 aliphatic rings. The third kappa shape index (κ3) is 40.6. The smallest absolute Gasteiger partial charge is 0.119 e. The zero-order valence-corrected chi connectivity index (χ0v) is 24.4. The molecule has 0 spiro atoms. The van der Waals surface area contributed by atoms with Crippen LogP contribution in [0.25, 0.3) is 0 Å². The maximum atomic E-state index is 10.1. The van der Waals surface area contributed by atoms with Crippen LogP contribution in [-0.4, -0.2) is 6.29 Å². The summed E-state index contributed by atoms with van der Waals surface area (Å²) >= 11 is 0. The van der Waals surface area contributed by atoms with Crippen LogP contribution in [0, 0.1) is 6.92 Å². The van der Waals surface area contributed by atoms with Crippen LogP contribution in [0.15, 0.2) is 24.3 Å². The van der Waals surface area contributed by atoms with Gasteiger partial charge < -0.3 is 11.7 Å².